The lowest BCUT2D eigenvalue weighted by Gasteiger charge is -2.11. The molecule has 0 aliphatic rings. The summed E-state index contributed by atoms with van der Waals surface area (Å²) in [5.41, 5.74) is 1.51. The zero-order chi connectivity index (χ0) is 14.0. The Morgan fingerprint density at radius 2 is 2.05 bits per heavy atom. The Morgan fingerprint density at radius 3 is 2.74 bits per heavy atom. The summed E-state index contributed by atoms with van der Waals surface area (Å²) in [5.74, 6) is -0.652. The maximum absolute atomic E-state index is 10.9. The quantitative estimate of drug-likeness (QED) is 0.893. The molecule has 0 amide bonds. The molecule has 0 aliphatic heterocycles. The highest BCUT2D eigenvalue weighted by Crippen LogP contribution is 2.34. The van der Waals surface area contributed by atoms with E-state index in [2.05, 4.69) is 10.3 Å². The van der Waals surface area contributed by atoms with Crippen molar-refractivity contribution in [3.8, 4) is 0 Å². The monoisotopic (exact) mass is 296 g/mol. The zero-order valence-corrected chi connectivity index (χ0v) is 11.5. The smallest absolute Gasteiger partial charge is 0.335 e. The molecular formula is C13H10Cl2N2O2. The summed E-state index contributed by atoms with van der Waals surface area (Å²) in [4.78, 5) is 14.9. The van der Waals surface area contributed by atoms with Crippen LogP contribution in [0.3, 0.4) is 0 Å². The Hall–Kier alpha value is -1.78. The second-order valence-corrected chi connectivity index (χ2v) is 4.70. The van der Waals surface area contributed by atoms with Crippen LogP contribution in [-0.2, 0) is 0 Å². The molecule has 2 aromatic rings. The predicted octanol–water partition coefficient (Wildman–Crippen LogP) is 4.14. The van der Waals surface area contributed by atoms with E-state index >= 15 is 0 Å². The predicted molar refractivity (Wildman–Crippen MR) is 75.7 cm³/mol. The zero-order valence-electron chi connectivity index (χ0n) is 9.95. The molecule has 0 radical (unpaired) electrons. The van der Waals surface area contributed by atoms with E-state index < -0.39 is 5.97 Å². The van der Waals surface area contributed by atoms with Gasteiger partial charge < -0.3 is 10.4 Å². The molecule has 2 N–H and O–H groups in total. The molecule has 6 heteroatoms. The van der Waals surface area contributed by atoms with Crippen LogP contribution < -0.4 is 5.32 Å². The minimum atomic E-state index is -1.02. The number of anilines is 2. The standard InChI is InChI=1S/C13H10Cl2N2O2/c1-7-2-3-9(14)12(11(7)15)17-10-6-8(13(18)19)4-5-16-10/h2-6H,1H3,(H,16,17)(H,18,19). The Labute approximate surface area is 120 Å². The van der Waals surface area contributed by atoms with Crippen LogP contribution in [0, 0.1) is 6.92 Å². The summed E-state index contributed by atoms with van der Waals surface area (Å²) in [6.45, 7) is 1.85. The van der Waals surface area contributed by atoms with Crippen molar-refractivity contribution >= 4 is 40.7 Å². The van der Waals surface area contributed by atoms with Crippen LogP contribution in [0.5, 0.6) is 0 Å². The molecule has 0 bridgehead atoms. The first-order valence-corrected chi connectivity index (χ1v) is 6.15. The molecule has 19 heavy (non-hydrogen) atoms. The number of halogens is 2. The number of rotatable bonds is 3. The molecule has 98 valence electrons. The van der Waals surface area contributed by atoms with E-state index in [9.17, 15) is 4.79 Å². The van der Waals surface area contributed by atoms with Gasteiger partial charge in [-0.3, -0.25) is 0 Å². The minimum Gasteiger partial charge on any atom is -0.478 e. The highest BCUT2D eigenvalue weighted by Gasteiger charge is 2.10. The lowest BCUT2D eigenvalue weighted by Crippen LogP contribution is -2.00. The molecule has 0 saturated carbocycles. The van der Waals surface area contributed by atoms with Gasteiger partial charge in [0.2, 0.25) is 0 Å². The number of aromatic carboxylic acids is 1. The van der Waals surface area contributed by atoms with Gasteiger partial charge in [-0.2, -0.15) is 0 Å². The van der Waals surface area contributed by atoms with Gasteiger partial charge in [0.05, 0.1) is 21.3 Å². The summed E-state index contributed by atoms with van der Waals surface area (Å²) >= 11 is 12.2. The number of nitrogens with zero attached hydrogens (tertiary/aromatic N) is 1. The minimum absolute atomic E-state index is 0.136. The van der Waals surface area contributed by atoms with Crippen LogP contribution in [0.15, 0.2) is 30.5 Å². The van der Waals surface area contributed by atoms with E-state index in [1.54, 1.807) is 12.1 Å². The fraction of sp³-hybridized carbons (Fsp3) is 0.0769. The molecule has 1 aromatic heterocycles. The molecule has 2 rings (SSSR count). The van der Waals surface area contributed by atoms with Crippen molar-refractivity contribution in [2.24, 2.45) is 0 Å². The number of hydrogen-bond donors (Lipinski definition) is 2. The lowest BCUT2D eigenvalue weighted by atomic mass is 10.2. The van der Waals surface area contributed by atoms with E-state index in [-0.39, 0.29) is 5.56 Å². The van der Waals surface area contributed by atoms with Crippen molar-refractivity contribution in [1.82, 2.24) is 4.98 Å². The normalized spacial score (nSPS) is 10.3. The number of nitrogens with one attached hydrogen (secondary N) is 1. The van der Waals surface area contributed by atoms with Gasteiger partial charge in [0.1, 0.15) is 5.82 Å². The number of aryl methyl sites for hydroxylation is 1. The van der Waals surface area contributed by atoms with E-state index in [4.69, 9.17) is 28.3 Å². The third kappa shape index (κ3) is 2.97. The number of pyridine rings is 1. The maximum atomic E-state index is 10.9. The Kier molecular flexibility index (Phi) is 3.93. The van der Waals surface area contributed by atoms with Gasteiger partial charge in [0, 0.05) is 6.20 Å². The number of hydrogen-bond acceptors (Lipinski definition) is 3. The van der Waals surface area contributed by atoms with Crippen LogP contribution in [0.4, 0.5) is 11.5 Å². The topological polar surface area (TPSA) is 62.2 Å². The Morgan fingerprint density at radius 1 is 1.32 bits per heavy atom. The van der Waals surface area contributed by atoms with Crippen molar-refractivity contribution in [3.05, 3.63) is 51.6 Å². The van der Waals surface area contributed by atoms with Crippen LogP contribution in [0.25, 0.3) is 0 Å². The number of carboxylic acids is 1. The van der Waals surface area contributed by atoms with Crippen LogP contribution in [-0.4, -0.2) is 16.1 Å². The Bertz CT molecular complexity index is 645. The summed E-state index contributed by atoms with van der Waals surface area (Å²) in [5, 5.41) is 12.8. The molecule has 0 fully saturated rings. The first-order valence-electron chi connectivity index (χ1n) is 5.40. The first kappa shape index (κ1) is 13.6. The molecule has 1 aromatic carbocycles. The van der Waals surface area contributed by atoms with Crippen molar-refractivity contribution in [2.75, 3.05) is 5.32 Å². The van der Waals surface area contributed by atoms with Gasteiger partial charge in [-0.15, -0.1) is 0 Å². The fourth-order valence-corrected chi connectivity index (χ4v) is 2.00. The molecule has 0 saturated heterocycles. The number of carboxylic acid groups (broad SMARTS) is 1. The molecule has 0 unspecified atom stereocenters. The van der Waals surface area contributed by atoms with Crippen LogP contribution in [0.2, 0.25) is 10.0 Å². The summed E-state index contributed by atoms with van der Waals surface area (Å²) < 4.78 is 0. The van der Waals surface area contributed by atoms with Crippen LogP contribution in [0.1, 0.15) is 15.9 Å². The number of benzene rings is 1. The second kappa shape index (κ2) is 5.47. The largest absolute Gasteiger partial charge is 0.478 e. The van der Waals surface area contributed by atoms with Gasteiger partial charge in [0.25, 0.3) is 0 Å². The highest BCUT2D eigenvalue weighted by atomic mass is 35.5. The van der Waals surface area contributed by atoms with E-state index in [0.717, 1.165) is 5.56 Å². The van der Waals surface area contributed by atoms with Crippen molar-refractivity contribution < 1.29 is 9.90 Å². The summed E-state index contributed by atoms with van der Waals surface area (Å²) in [7, 11) is 0. The van der Waals surface area contributed by atoms with E-state index in [0.29, 0.717) is 21.6 Å². The maximum Gasteiger partial charge on any atom is 0.335 e. The third-order valence-electron chi connectivity index (χ3n) is 2.54. The molecule has 0 aliphatic carbocycles. The van der Waals surface area contributed by atoms with Gasteiger partial charge in [0.15, 0.2) is 0 Å². The summed E-state index contributed by atoms with van der Waals surface area (Å²) in [6.07, 6.45) is 1.41. The summed E-state index contributed by atoms with van der Waals surface area (Å²) in [6, 6.07) is 6.34. The van der Waals surface area contributed by atoms with Crippen molar-refractivity contribution in [3.63, 3.8) is 0 Å². The average Bonchev–Trinajstić information content (AvgIpc) is 2.39. The molecule has 1 heterocycles. The lowest BCUT2D eigenvalue weighted by molar-refractivity contribution is 0.0697. The van der Waals surface area contributed by atoms with Crippen molar-refractivity contribution in [1.29, 1.82) is 0 Å². The third-order valence-corrected chi connectivity index (χ3v) is 3.35. The second-order valence-electron chi connectivity index (χ2n) is 3.91. The molecular weight excluding hydrogens is 287 g/mol. The highest BCUT2D eigenvalue weighted by molar-refractivity contribution is 6.39. The van der Waals surface area contributed by atoms with E-state index in [1.165, 1.54) is 18.3 Å². The van der Waals surface area contributed by atoms with Gasteiger partial charge in [-0.1, -0.05) is 29.3 Å². The molecule has 0 spiro atoms. The number of aromatic nitrogens is 1. The van der Waals surface area contributed by atoms with Gasteiger partial charge in [-0.25, -0.2) is 9.78 Å². The molecule has 4 nitrogen and oxygen atoms in total. The van der Waals surface area contributed by atoms with Gasteiger partial charge in [-0.05, 0) is 30.7 Å². The first-order chi connectivity index (χ1) is 8.99. The fourth-order valence-electron chi connectivity index (χ4n) is 1.53. The van der Waals surface area contributed by atoms with E-state index in [1.807, 2.05) is 6.92 Å². The SMILES string of the molecule is Cc1ccc(Cl)c(Nc2cc(C(=O)O)ccn2)c1Cl. The van der Waals surface area contributed by atoms with Crippen LogP contribution >= 0.6 is 23.2 Å². The number of carbonyl (C=O) groups is 1. The Balaban J connectivity index is 2.39. The average molecular weight is 297 g/mol. The van der Waals surface area contributed by atoms with Gasteiger partial charge >= 0.3 is 5.97 Å². The molecule has 0 atom stereocenters. The van der Waals surface area contributed by atoms with Crippen molar-refractivity contribution in [2.45, 2.75) is 6.92 Å².